The van der Waals surface area contributed by atoms with Crippen molar-refractivity contribution in [3.05, 3.63) is 54.1 Å². The van der Waals surface area contributed by atoms with Gasteiger partial charge in [-0.05, 0) is 48.5 Å². The Balaban J connectivity index is 1.68. The third kappa shape index (κ3) is 3.82. The highest BCUT2D eigenvalue weighted by molar-refractivity contribution is 7.92. The van der Waals surface area contributed by atoms with E-state index in [0.717, 1.165) is 0 Å². The van der Waals surface area contributed by atoms with Crippen molar-refractivity contribution in [2.24, 2.45) is 5.14 Å². The van der Waals surface area contributed by atoms with Crippen molar-refractivity contribution in [2.45, 2.75) is 15.0 Å². The number of hydrogen-bond donors (Lipinski definition) is 1. The van der Waals surface area contributed by atoms with Crippen LogP contribution in [0.2, 0.25) is 0 Å². The minimum atomic E-state index is -3.83. The second-order valence-electron chi connectivity index (χ2n) is 6.12. The van der Waals surface area contributed by atoms with Gasteiger partial charge in [-0.2, -0.15) is 0 Å². The Bertz CT molecular complexity index is 1060. The van der Waals surface area contributed by atoms with Crippen LogP contribution in [-0.2, 0) is 19.9 Å². The molecule has 1 heterocycles. The lowest BCUT2D eigenvalue weighted by Gasteiger charge is -2.38. The zero-order valence-corrected chi connectivity index (χ0v) is 16.0. The number of primary sulfonamides is 1. The molecule has 1 amide bonds. The molecule has 0 saturated carbocycles. The van der Waals surface area contributed by atoms with Crippen molar-refractivity contribution < 1.29 is 26.4 Å². The number of likely N-dealkylation sites (tertiary alicyclic amines) is 1. The Hall–Kier alpha value is -2.43. The minimum Gasteiger partial charge on any atom is -0.497 e. The van der Waals surface area contributed by atoms with Crippen LogP contribution in [-0.4, -0.2) is 53.1 Å². The van der Waals surface area contributed by atoms with Crippen LogP contribution in [0.4, 0.5) is 0 Å². The summed E-state index contributed by atoms with van der Waals surface area (Å²) in [7, 11) is -5.89. The number of methoxy groups -OCH3 is 1. The maximum Gasteiger partial charge on any atom is 0.253 e. The summed E-state index contributed by atoms with van der Waals surface area (Å²) >= 11 is 0. The van der Waals surface area contributed by atoms with E-state index in [1.165, 1.54) is 48.4 Å². The fraction of sp³-hybridized carbons (Fsp3) is 0.235. The highest BCUT2D eigenvalue weighted by atomic mass is 32.2. The highest BCUT2D eigenvalue weighted by Crippen LogP contribution is 2.26. The van der Waals surface area contributed by atoms with Gasteiger partial charge < -0.3 is 9.64 Å². The Labute approximate surface area is 157 Å². The van der Waals surface area contributed by atoms with Gasteiger partial charge in [-0.25, -0.2) is 22.0 Å². The van der Waals surface area contributed by atoms with Crippen LogP contribution in [0.25, 0.3) is 0 Å². The molecule has 2 aromatic carbocycles. The number of amides is 1. The van der Waals surface area contributed by atoms with Crippen molar-refractivity contribution in [2.75, 3.05) is 20.2 Å². The largest absolute Gasteiger partial charge is 0.497 e. The molecule has 0 spiro atoms. The van der Waals surface area contributed by atoms with E-state index in [0.29, 0.717) is 5.75 Å². The van der Waals surface area contributed by atoms with E-state index in [2.05, 4.69) is 0 Å². The number of carbonyl (C=O) groups excluding carboxylic acids is 1. The number of rotatable bonds is 5. The Kier molecular flexibility index (Phi) is 4.98. The van der Waals surface area contributed by atoms with E-state index in [4.69, 9.17) is 9.88 Å². The second kappa shape index (κ2) is 6.95. The molecule has 1 saturated heterocycles. The smallest absolute Gasteiger partial charge is 0.253 e. The molecule has 27 heavy (non-hydrogen) atoms. The van der Waals surface area contributed by atoms with E-state index in [-0.39, 0.29) is 34.4 Å². The fourth-order valence-electron chi connectivity index (χ4n) is 2.73. The Morgan fingerprint density at radius 1 is 0.963 bits per heavy atom. The van der Waals surface area contributed by atoms with Crippen molar-refractivity contribution in [1.29, 1.82) is 0 Å². The van der Waals surface area contributed by atoms with Crippen molar-refractivity contribution >= 4 is 25.8 Å². The predicted octanol–water partition coefficient (Wildman–Crippen LogP) is 0.641. The molecular formula is C17H18N2O6S2. The normalized spacial score (nSPS) is 15.3. The van der Waals surface area contributed by atoms with Gasteiger partial charge in [0.05, 0.1) is 16.9 Å². The van der Waals surface area contributed by atoms with Crippen LogP contribution < -0.4 is 9.88 Å². The van der Waals surface area contributed by atoms with Crippen molar-refractivity contribution in [1.82, 2.24) is 4.90 Å². The molecule has 0 radical (unpaired) electrons. The number of sulfonamides is 1. The molecule has 2 aromatic rings. The van der Waals surface area contributed by atoms with Gasteiger partial charge in [0.15, 0.2) is 9.84 Å². The van der Waals surface area contributed by atoms with Crippen LogP contribution in [0.15, 0.2) is 58.3 Å². The van der Waals surface area contributed by atoms with Crippen LogP contribution in [0.3, 0.4) is 0 Å². The number of benzene rings is 2. The molecule has 3 rings (SSSR count). The number of nitrogens with zero attached hydrogens (tertiary/aromatic N) is 1. The molecule has 144 valence electrons. The molecule has 0 bridgehead atoms. The molecule has 0 unspecified atom stereocenters. The monoisotopic (exact) mass is 410 g/mol. The van der Waals surface area contributed by atoms with Crippen LogP contribution in [0.1, 0.15) is 10.4 Å². The molecule has 10 heteroatoms. The number of sulfone groups is 1. The van der Waals surface area contributed by atoms with Gasteiger partial charge in [-0.15, -0.1) is 0 Å². The maximum atomic E-state index is 12.6. The van der Waals surface area contributed by atoms with E-state index in [9.17, 15) is 21.6 Å². The second-order valence-corrected chi connectivity index (χ2v) is 9.91. The minimum absolute atomic E-state index is 0.0735. The first kappa shape index (κ1) is 19.3. The number of ether oxygens (including phenoxy) is 1. The maximum absolute atomic E-state index is 12.6. The average Bonchev–Trinajstić information content (AvgIpc) is 2.59. The molecule has 1 aliphatic rings. The van der Waals surface area contributed by atoms with Crippen molar-refractivity contribution in [3.63, 3.8) is 0 Å². The SMILES string of the molecule is COc1ccc(S(=O)(=O)C2CN(C(=O)c3ccc(S(N)(=O)=O)cc3)C2)cc1. The number of hydrogen-bond acceptors (Lipinski definition) is 6. The van der Waals surface area contributed by atoms with Gasteiger partial charge in [0.2, 0.25) is 10.0 Å². The van der Waals surface area contributed by atoms with E-state index >= 15 is 0 Å². The molecule has 0 atom stereocenters. The molecule has 1 fully saturated rings. The number of carbonyl (C=O) groups is 1. The number of nitrogens with two attached hydrogens (primary N) is 1. The summed E-state index contributed by atoms with van der Waals surface area (Å²) < 4.78 is 52.7. The topological polar surface area (TPSA) is 124 Å². The van der Waals surface area contributed by atoms with Gasteiger partial charge >= 0.3 is 0 Å². The molecule has 1 aliphatic heterocycles. The lowest BCUT2D eigenvalue weighted by molar-refractivity contribution is 0.0658. The third-order valence-electron chi connectivity index (χ3n) is 4.39. The predicted molar refractivity (Wildman–Crippen MR) is 97.7 cm³/mol. The van der Waals surface area contributed by atoms with Crippen LogP contribution in [0, 0.1) is 0 Å². The summed E-state index contributed by atoms with van der Waals surface area (Å²) in [5.74, 6) is 0.194. The fourth-order valence-corrected chi connectivity index (χ4v) is 4.90. The standard InChI is InChI=1S/C17H18N2O6S2/c1-25-13-4-8-14(9-5-13)26(21,22)16-10-19(11-16)17(20)12-2-6-15(7-3-12)27(18,23)24/h2-9,16H,10-11H2,1H3,(H2,18,23,24). The zero-order valence-electron chi connectivity index (χ0n) is 14.4. The average molecular weight is 410 g/mol. The van der Waals surface area contributed by atoms with Gasteiger partial charge in [0, 0.05) is 18.7 Å². The molecule has 0 aromatic heterocycles. The summed E-state index contributed by atoms with van der Waals surface area (Å²) in [6.45, 7) is 0.147. The quantitative estimate of drug-likeness (QED) is 0.771. The summed E-state index contributed by atoms with van der Waals surface area (Å²) in [6, 6.07) is 11.3. The lowest BCUT2D eigenvalue weighted by Crippen LogP contribution is -2.56. The van der Waals surface area contributed by atoms with Gasteiger partial charge in [0.1, 0.15) is 11.0 Å². The summed E-state index contributed by atoms with van der Waals surface area (Å²) in [4.78, 5) is 13.9. The van der Waals surface area contributed by atoms with Crippen LogP contribution >= 0.6 is 0 Å². The summed E-state index contributed by atoms with van der Waals surface area (Å²) in [5, 5.41) is 4.34. The summed E-state index contributed by atoms with van der Waals surface area (Å²) in [5.41, 5.74) is 0.266. The Morgan fingerprint density at radius 3 is 1.96 bits per heavy atom. The lowest BCUT2D eigenvalue weighted by atomic mass is 10.1. The first-order valence-electron chi connectivity index (χ1n) is 7.93. The zero-order chi connectivity index (χ0) is 19.8. The molecule has 2 N–H and O–H groups in total. The highest BCUT2D eigenvalue weighted by Gasteiger charge is 2.40. The van der Waals surface area contributed by atoms with Gasteiger partial charge in [-0.1, -0.05) is 0 Å². The van der Waals surface area contributed by atoms with E-state index in [1.54, 1.807) is 12.1 Å². The van der Waals surface area contributed by atoms with E-state index in [1.807, 2.05) is 0 Å². The van der Waals surface area contributed by atoms with Crippen LogP contribution in [0.5, 0.6) is 5.75 Å². The van der Waals surface area contributed by atoms with Gasteiger partial charge in [0.25, 0.3) is 5.91 Å². The Morgan fingerprint density at radius 2 is 1.48 bits per heavy atom. The first-order chi connectivity index (χ1) is 12.6. The van der Waals surface area contributed by atoms with E-state index < -0.39 is 25.1 Å². The third-order valence-corrected chi connectivity index (χ3v) is 7.43. The molecule has 8 nitrogen and oxygen atoms in total. The van der Waals surface area contributed by atoms with Gasteiger partial charge in [-0.3, -0.25) is 4.79 Å². The van der Waals surface area contributed by atoms with Crippen molar-refractivity contribution in [3.8, 4) is 5.75 Å². The summed E-state index contributed by atoms with van der Waals surface area (Å²) in [6.07, 6.45) is 0. The molecule has 0 aliphatic carbocycles. The molecular weight excluding hydrogens is 392 g/mol. The first-order valence-corrected chi connectivity index (χ1v) is 11.0.